The third kappa shape index (κ3) is 7.24. The maximum atomic E-state index is 12.4. The molecule has 2 aromatic carbocycles. The molecular weight excluding hydrogens is 414 g/mol. The van der Waals surface area contributed by atoms with Gasteiger partial charge in [0, 0.05) is 38.9 Å². The van der Waals surface area contributed by atoms with Crippen molar-refractivity contribution < 1.29 is 19.2 Å². The summed E-state index contributed by atoms with van der Waals surface area (Å²) < 4.78 is 5.32. The van der Waals surface area contributed by atoms with E-state index in [-0.39, 0.29) is 24.6 Å². The number of nitrogens with zero attached hydrogens (tertiary/aromatic N) is 3. The minimum absolute atomic E-state index is 0.0267. The van der Waals surface area contributed by atoms with Gasteiger partial charge in [-0.1, -0.05) is 12.1 Å². The van der Waals surface area contributed by atoms with E-state index in [2.05, 4.69) is 10.6 Å². The SMILES string of the molecule is CNc1cc(COC(=O)N(C)c2ccc(CC(=O)NCCN(C)C)cc2)ccc1[N+](=O)[O-]. The van der Waals surface area contributed by atoms with Gasteiger partial charge < -0.3 is 20.3 Å². The summed E-state index contributed by atoms with van der Waals surface area (Å²) in [7, 11) is 7.05. The normalized spacial score (nSPS) is 10.5. The number of amides is 2. The van der Waals surface area contributed by atoms with Crippen LogP contribution in [0, 0.1) is 10.1 Å². The fourth-order valence-electron chi connectivity index (χ4n) is 2.88. The average Bonchev–Trinajstić information content (AvgIpc) is 2.76. The fraction of sp³-hybridized carbons (Fsp3) is 0.364. The van der Waals surface area contributed by atoms with Crippen LogP contribution in [0.25, 0.3) is 0 Å². The second kappa shape index (κ2) is 11.7. The highest BCUT2D eigenvalue weighted by molar-refractivity contribution is 5.87. The second-order valence-corrected chi connectivity index (χ2v) is 7.47. The molecule has 32 heavy (non-hydrogen) atoms. The van der Waals surface area contributed by atoms with Crippen LogP contribution in [-0.4, -0.2) is 63.1 Å². The second-order valence-electron chi connectivity index (χ2n) is 7.47. The number of hydrogen-bond donors (Lipinski definition) is 2. The molecule has 0 saturated carbocycles. The Morgan fingerprint density at radius 3 is 2.31 bits per heavy atom. The molecular formula is C22H29N5O5. The molecule has 0 atom stereocenters. The van der Waals surface area contributed by atoms with Crippen LogP contribution in [0.2, 0.25) is 0 Å². The maximum Gasteiger partial charge on any atom is 0.414 e. The summed E-state index contributed by atoms with van der Waals surface area (Å²) in [5, 5.41) is 16.6. The van der Waals surface area contributed by atoms with Crippen LogP contribution in [0.3, 0.4) is 0 Å². The number of hydrogen-bond acceptors (Lipinski definition) is 7. The molecule has 2 aromatic rings. The smallest absolute Gasteiger partial charge is 0.414 e. The van der Waals surface area contributed by atoms with Crippen LogP contribution in [0.1, 0.15) is 11.1 Å². The number of carbonyl (C=O) groups excluding carboxylic acids is 2. The van der Waals surface area contributed by atoms with Crippen molar-refractivity contribution in [2.24, 2.45) is 0 Å². The molecule has 2 amide bonds. The molecule has 0 aromatic heterocycles. The van der Waals surface area contributed by atoms with Gasteiger partial charge in [0.1, 0.15) is 12.3 Å². The number of nitro benzene ring substituents is 1. The van der Waals surface area contributed by atoms with Gasteiger partial charge in [0.2, 0.25) is 5.91 Å². The lowest BCUT2D eigenvalue weighted by molar-refractivity contribution is -0.384. The third-order valence-electron chi connectivity index (χ3n) is 4.73. The molecule has 2 rings (SSSR count). The summed E-state index contributed by atoms with van der Waals surface area (Å²) in [5.74, 6) is -0.0589. The van der Waals surface area contributed by atoms with Gasteiger partial charge in [0.15, 0.2) is 0 Å². The monoisotopic (exact) mass is 443 g/mol. The lowest BCUT2D eigenvalue weighted by atomic mass is 10.1. The summed E-state index contributed by atoms with van der Waals surface area (Å²) in [6.07, 6.45) is -0.306. The summed E-state index contributed by atoms with van der Waals surface area (Å²) in [6, 6.07) is 11.6. The average molecular weight is 444 g/mol. The standard InChI is InChI=1S/C22H29N5O5/c1-23-19-13-17(7-10-20(19)27(30)31)15-32-22(29)26(4)18-8-5-16(6-9-18)14-21(28)24-11-12-25(2)3/h5-10,13,23H,11-12,14-15H2,1-4H3,(H,24,28). The van der Waals surface area contributed by atoms with Crippen molar-refractivity contribution >= 4 is 29.1 Å². The van der Waals surface area contributed by atoms with Crippen molar-refractivity contribution in [1.29, 1.82) is 0 Å². The largest absolute Gasteiger partial charge is 0.444 e. The van der Waals surface area contributed by atoms with E-state index >= 15 is 0 Å². The number of benzene rings is 2. The zero-order chi connectivity index (χ0) is 23.7. The number of likely N-dealkylation sites (N-methyl/N-ethyl adjacent to an activating group) is 1. The number of carbonyl (C=O) groups is 2. The Morgan fingerprint density at radius 1 is 1.06 bits per heavy atom. The van der Waals surface area contributed by atoms with Gasteiger partial charge in [0.25, 0.3) is 5.69 Å². The Bertz CT molecular complexity index is 946. The molecule has 0 unspecified atom stereocenters. The first kappa shape index (κ1) is 24.6. The zero-order valence-electron chi connectivity index (χ0n) is 18.8. The van der Waals surface area contributed by atoms with Gasteiger partial charge in [-0.05, 0) is 49.5 Å². The Hall–Kier alpha value is -3.66. The molecule has 0 radical (unpaired) electrons. The fourth-order valence-corrected chi connectivity index (χ4v) is 2.88. The number of nitro groups is 1. The number of nitrogens with one attached hydrogen (secondary N) is 2. The van der Waals surface area contributed by atoms with Crippen molar-refractivity contribution in [1.82, 2.24) is 10.2 Å². The van der Waals surface area contributed by atoms with Crippen LogP contribution in [0.4, 0.5) is 21.9 Å². The van der Waals surface area contributed by atoms with Crippen LogP contribution >= 0.6 is 0 Å². The Balaban J connectivity index is 1.90. The maximum absolute atomic E-state index is 12.4. The van der Waals surface area contributed by atoms with E-state index in [4.69, 9.17) is 4.74 Å². The Morgan fingerprint density at radius 2 is 1.72 bits per heavy atom. The van der Waals surface area contributed by atoms with E-state index in [1.807, 2.05) is 19.0 Å². The molecule has 0 aliphatic rings. The minimum atomic E-state index is -0.566. The zero-order valence-corrected chi connectivity index (χ0v) is 18.8. The van der Waals surface area contributed by atoms with E-state index in [0.717, 1.165) is 12.1 Å². The highest BCUT2D eigenvalue weighted by Crippen LogP contribution is 2.25. The molecule has 0 bridgehead atoms. The van der Waals surface area contributed by atoms with E-state index in [0.29, 0.717) is 23.5 Å². The van der Waals surface area contributed by atoms with Gasteiger partial charge >= 0.3 is 6.09 Å². The van der Waals surface area contributed by atoms with Crippen molar-refractivity contribution in [3.8, 4) is 0 Å². The molecule has 172 valence electrons. The lowest BCUT2D eigenvalue weighted by Crippen LogP contribution is -2.32. The summed E-state index contributed by atoms with van der Waals surface area (Å²) in [4.78, 5) is 38.3. The molecule has 0 saturated heterocycles. The van der Waals surface area contributed by atoms with Crippen LogP contribution in [-0.2, 0) is 22.6 Å². The van der Waals surface area contributed by atoms with Crippen molar-refractivity contribution in [2.75, 3.05) is 51.5 Å². The predicted octanol–water partition coefficient (Wildman–Crippen LogP) is 2.63. The number of rotatable bonds is 10. The van der Waals surface area contributed by atoms with Crippen LogP contribution in [0.15, 0.2) is 42.5 Å². The van der Waals surface area contributed by atoms with Crippen molar-refractivity contribution in [2.45, 2.75) is 13.0 Å². The van der Waals surface area contributed by atoms with Gasteiger partial charge in [-0.2, -0.15) is 0 Å². The molecule has 0 spiro atoms. The first-order chi connectivity index (χ1) is 15.2. The molecule has 0 aliphatic carbocycles. The quantitative estimate of drug-likeness (QED) is 0.428. The molecule has 0 heterocycles. The molecule has 2 N–H and O–H groups in total. The predicted molar refractivity (Wildman–Crippen MR) is 123 cm³/mol. The first-order valence-corrected chi connectivity index (χ1v) is 10.1. The van der Waals surface area contributed by atoms with Crippen molar-refractivity contribution in [3.63, 3.8) is 0 Å². The van der Waals surface area contributed by atoms with Crippen LogP contribution in [0.5, 0.6) is 0 Å². The van der Waals surface area contributed by atoms with Gasteiger partial charge in [0.05, 0.1) is 11.3 Å². The minimum Gasteiger partial charge on any atom is -0.444 e. The molecule has 10 nitrogen and oxygen atoms in total. The summed E-state index contributed by atoms with van der Waals surface area (Å²) in [5.41, 5.74) is 2.37. The van der Waals surface area contributed by atoms with Gasteiger partial charge in [-0.25, -0.2) is 4.79 Å². The van der Waals surface area contributed by atoms with Crippen molar-refractivity contribution in [3.05, 3.63) is 63.7 Å². The van der Waals surface area contributed by atoms with E-state index < -0.39 is 11.0 Å². The highest BCUT2D eigenvalue weighted by atomic mass is 16.6. The molecule has 10 heteroatoms. The van der Waals surface area contributed by atoms with E-state index in [1.165, 1.54) is 11.0 Å². The summed E-state index contributed by atoms with van der Waals surface area (Å²) >= 11 is 0. The number of ether oxygens (including phenoxy) is 1. The highest BCUT2D eigenvalue weighted by Gasteiger charge is 2.16. The topological polar surface area (TPSA) is 117 Å². The van der Waals surface area contributed by atoms with Crippen LogP contribution < -0.4 is 15.5 Å². The Kier molecular flexibility index (Phi) is 8.96. The van der Waals surface area contributed by atoms with E-state index in [9.17, 15) is 19.7 Å². The third-order valence-corrected chi connectivity index (χ3v) is 4.73. The number of anilines is 2. The van der Waals surface area contributed by atoms with Gasteiger partial charge in [-0.3, -0.25) is 19.8 Å². The van der Waals surface area contributed by atoms with E-state index in [1.54, 1.807) is 50.5 Å². The molecule has 0 aliphatic heterocycles. The lowest BCUT2D eigenvalue weighted by Gasteiger charge is -2.18. The molecule has 0 fully saturated rings. The summed E-state index contributed by atoms with van der Waals surface area (Å²) in [6.45, 7) is 1.33. The van der Waals surface area contributed by atoms with Gasteiger partial charge in [-0.15, -0.1) is 0 Å². The Labute approximate surface area is 187 Å². The first-order valence-electron chi connectivity index (χ1n) is 10.1.